The van der Waals surface area contributed by atoms with Crippen molar-refractivity contribution in [2.45, 2.75) is 13.3 Å². The number of nitro groups is 1. The molecule has 6 nitrogen and oxygen atoms in total. The summed E-state index contributed by atoms with van der Waals surface area (Å²) in [5.41, 5.74) is -0.412. The van der Waals surface area contributed by atoms with Crippen LogP contribution >= 0.6 is 0 Å². The van der Waals surface area contributed by atoms with Gasteiger partial charge in [-0.15, -0.1) is 0 Å². The zero-order valence-corrected chi connectivity index (χ0v) is 12.0. The van der Waals surface area contributed by atoms with Crippen molar-refractivity contribution in [3.63, 3.8) is 0 Å². The molecule has 0 spiro atoms. The van der Waals surface area contributed by atoms with Crippen LogP contribution in [-0.2, 0) is 4.74 Å². The molecule has 0 bridgehead atoms. The molecule has 1 heterocycles. The molecule has 21 heavy (non-hydrogen) atoms. The molecule has 7 heteroatoms. The molecule has 0 N–H and O–H groups in total. The summed E-state index contributed by atoms with van der Waals surface area (Å²) in [6, 6.07) is 2.14. The van der Waals surface area contributed by atoms with Crippen LogP contribution in [0.2, 0.25) is 0 Å². The van der Waals surface area contributed by atoms with Crippen LogP contribution in [0.5, 0.6) is 0 Å². The predicted octanol–water partition coefficient (Wildman–Crippen LogP) is 2.15. The first-order chi connectivity index (χ1) is 9.93. The van der Waals surface area contributed by atoms with Crippen molar-refractivity contribution in [2.24, 2.45) is 5.92 Å². The van der Waals surface area contributed by atoms with Gasteiger partial charge >= 0.3 is 0 Å². The maximum Gasteiger partial charge on any atom is 0.270 e. The number of ether oxygens (including phenoxy) is 1. The van der Waals surface area contributed by atoms with Gasteiger partial charge in [0, 0.05) is 38.2 Å². The lowest BCUT2D eigenvalue weighted by Gasteiger charge is -2.17. The zero-order valence-electron chi connectivity index (χ0n) is 12.0. The van der Waals surface area contributed by atoms with Crippen LogP contribution in [0.25, 0.3) is 0 Å². The highest BCUT2D eigenvalue weighted by Gasteiger charge is 2.30. The van der Waals surface area contributed by atoms with Crippen LogP contribution < -0.4 is 0 Å². The van der Waals surface area contributed by atoms with E-state index in [9.17, 15) is 19.3 Å². The minimum absolute atomic E-state index is 0.0974. The molecule has 0 radical (unpaired) electrons. The van der Waals surface area contributed by atoms with E-state index in [2.05, 4.69) is 0 Å². The molecule has 1 unspecified atom stereocenters. The molecule has 1 aliphatic rings. The number of carbonyl (C=O) groups excluding carboxylic acids is 1. The van der Waals surface area contributed by atoms with Crippen LogP contribution in [0.3, 0.4) is 0 Å². The summed E-state index contributed by atoms with van der Waals surface area (Å²) in [6.45, 7) is 2.94. The Kier molecular flexibility index (Phi) is 4.52. The second kappa shape index (κ2) is 6.17. The van der Waals surface area contributed by atoms with Gasteiger partial charge < -0.3 is 9.64 Å². The number of aryl methyl sites for hydroxylation is 1. The molecule has 1 amide bonds. The molecule has 1 atom stereocenters. The van der Waals surface area contributed by atoms with Crippen molar-refractivity contribution < 1.29 is 18.8 Å². The minimum atomic E-state index is -0.694. The number of rotatable bonds is 4. The average molecular weight is 296 g/mol. The van der Waals surface area contributed by atoms with Crippen molar-refractivity contribution >= 4 is 11.6 Å². The Morgan fingerprint density at radius 1 is 1.57 bits per heavy atom. The summed E-state index contributed by atoms with van der Waals surface area (Å²) < 4.78 is 19.2. The van der Waals surface area contributed by atoms with E-state index in [1.807, 2.05) is 0 Å². The van der Waals surface area contributed by atoms with Crippen LogP contribution in [0, 0.1) is 28.8 Å². The second-order valence-corrected chi connectivity index (χ2v) is 5.24. The molecule has 0 saturated carbocycles. The van der Waals surface area contributed by atoms with Gasteiger partial charge in [-0.05, 0) is 18.9 Å². The van der Waals surface area contributed by atoms with Gasteiger partial charge in [0.05, 0.1) is 17.1 Å². The topological polar surface area (TPSA) is 72.7 Å². The van der Waals surface area contributed by atoms with Crippen LogP contribution in [-0.4, -0.2) is 42.5 Å². The lowest BCUT2D eigenvalue weighted by Crippen LogP contribution is -2.30. The van der Waals surface area contributed by atoms with Crippen molar-refractivity contribution in [3.05, 3.63) is 39.2 Å². The smallest absolute Gasteiger partial charge is 0.270 e. The maximum atomic E-state index is 14.1. The number of benzene rings is 1. The van der Waals surface area contributed by atoms with Gasteiger partial charge in [-0.25, -0.2) is 4.39 Å². The fraction of sp³-hybridized carbons (Fsp3) is 0.500. The molecule has 0 aliphatic carbocycles. The van der Waals surface area contributed by atoms with E-state index >= 15 is 0 Å². The highest BCUT2D eigenvalue weighted by Crippen LogP contribution is 2.25. The van der Waals surface area contributed by atoms with Crippen molar-refractivity contribution in [1.82, 2.24) is 4.90 Å². The molecular weight excluding hydrogens is 279 g/mol. The number of carbonyl (C=O) groups is 1. The van der Waals surface area contributed by atoms with Gasteiger partial charge in [0.2, 0.25) is 0 Å². The van der Waals surface area contributed by atoms with Gasteiger partial charge in [-0.3, -0.25) is 14.9 Å². The van der Waals surface area contributed by atoms with Gasteiger partial charge in [0.25, 0.3) is 11.6 Å². The Labute approximate surface area is 121 Å². The normalized spacial score (nSPS) is 18.0. The van der Waals surface area contributed by atoms with E-state index in [-0.39, 0.29) is 22.7 Å². The molecule has 1 aromatic carbocycles. The van der Waals surface area contributed by atoms with E-state index in [4.69, 9.17) is 4.74 Å². The predicted molar refractivity (Wildman–Crippen MR) is 73.7 cm³/mol. The Morgan fingerprint density at radius 3 is 2.90 bits per heavy atom. The fourth-order valence-corrected chi connectivity index (χ4v) is 2.57. The first kappa shape index (κ1) is 15.4. The van der Waals surface area contributed by atoms with E-state index in [0.29, 0.717) is 19.7 Å². The molecule has 0 aromatic heterocycles. The van der Waals surface area contributed by atoms with Crippen molar-refractivity contribution in [2.75, 3.05) is 26.8 Å². The van der Waals surface area contributed by atoms with E-state index in [0.717, 1.165) is 18.6 Å². The lowest BCUT2D eigenvalue weighted by atomic mass is 10.1. The zero-order chi connectivity index (χ0) is 15.6. The number of nitrogens with zero attached hydrogens (tertiary/aromatic N) is 2. The number of non-ortho nitro benzene ring substituents is 1. The molecule has 1 aromatic rings. The van der Waals surface area contributed by atoms with Crippen LogP contribution in [0.15, 0.2) is 12.1 Å². The average Bonchev–Trinajstić information content (AvgIpc) is 2.89. The molecule has 114 valence electrons. The SMILES string of the molecule is COCC1CCN(C(=O)c2cc([N+](=O)[O-])cc(C)c2F)C1. The maximum absolute atomic E-state index is 14.1. The summed E-state index contributed by atoms with van der Waals surface area (Å²) in [5.74, 6) is -0.972. The largest absolute Gasteiger partial charge is 0.384 e. The number of hydrogen-bond donors (Lipinski definition) is 0. The number of methoxy groups -OCH3 is 1. The first-order valence-electron chi connectivity index (χ1n) is 6.66. The van der Waals surface area contributed by atoms with Crippen LogP contribution in [0.4, 0.5) is 10.1 Å². The molecule has 2 rings (SSSR count). The van der Waals surface area contributed by atoms with E-state index in [1.165, 1.54) is 11.8 Å². The van der Waals surface area contributed by atoms with E-state index in [1.54, 1.807) is 7.11 Å². The third kappa shape index (κ3) is 3.18. The van der Waals surface area contributed by atoms with Crippen molar-refractivity contribution in [1.29, 1.82) is 0 Å². The second-order valence-electron chi connectivity index (χ2n) is 5.24. The molecular formula is C14H17FN2O4. The number of likely N-dealkylation sites (tertiary alicyclic amines) is 1. The summed E-state index contributed by atoms with van der Waals surface area (Å²) in [5, 5.41) is 10.8. The van der Waals surface area contributed by atoms with Crippen LogP contribution in [0.1, 0.15) is 22.3 Å². The molecule has 1 aliphatic heterocycles. The summed E-state index contributed by atoms with van der Waals surface area (Å²) in [7, 11) is 1.59. The fourth-order valence-electron chi connectivity index (χ4n) is 2.57. The number of halogens is 1. The number of hydrogen-bond acceptors (Lipinski definition) is 4. The highest BCUT2D eigenvalue weighted by atomic mass is 19.1. The van der Waals surface area contributed by atoms with E-state index < -0.39 is 16.6 Å². The first-order valence-corrected chi connectivity index (χ1v) is 6.66. The van der Waals surface area contributed by atoms with Gasteiger partial charge in [0.1, 0.15) is 5.82 Å². The van der Waals surface area contributed by atoms with Crippen molar-refractivity contribution in [3.8, 4) is 0 Å². The highest BCUT2D eigenvalue weighted by molar-refractivity contribution is 5.95. The summed E-state index contributed by atoms with van der Waals surface area (Å²) in [4.78, 5) is 24.1. The number of nitro benzene ring substituents is 1. The number of amides is 1. The van der Waals surface area contributed by atoms with Gasteiger partial charge in [0.15, 0.2) is 0 Å². The Hall–Kier alpha value is -2.02. The van der Waals surface area contributed by atoms with Gasteiger partial charge in [-0.2, -0.15) is 0 Å². The monoisotopic (exact) mass is 296 g/mol. The Morgan fingerprint density at radius 2 is 2.29 bits per heavy atom. The Balaban J connectivity index is 2.25. The summed E-state index contributed by atoms with van der Waals surface area (Å²) >= 11 is 0. The minimum Gasteiger partial charge on any atom is -0.384 e. The quantitative estimate of drug-likeness (QED) is 0.630. The standard InChI is InChI=1S/C14H17FN2O4/c1-9-5-11(17(19)20)6-12(13(9)15)14(18)16-4-3-10(7-16)8-21-2/h5-6,10H,3-4,7-8H2,1-2H3. The summed E-state index contributed by atoms with van der Waals surface area (Å²) in [6.07, 6.45) is 0.787. The Bertz CT molecular complexity index is 576. The molecule has 1 fully saturated rings. The molecule has 1 saturated heterocycles. The lowest BCUT2D eigenvalue weighted by molar-refractivity contribution is -0.385. The third-order valence-corrected chi connectivity index (χ3v) is 3.66. The van der Waals surface area contributed by atoms with Gasteiger partial charge in [-0.1, -0.05) is 0 Å². The third-order valence-electron chi connectivity index (χ3n) is 3.66.